The van der Waals surface area contributed by atoms with Crippen LogP contribution >= 0.6 is 0 Å². The second-order valence-electron chi connectivity index (χ2n) is 18.8. The van der Waals surface area contributed by atoms with Crippen molar-refractivity contribution in [2.45, 2.75) is 6.92 Å². The van der Waals surface area contributed by atoms with Crippen molar-refractivity contribution >= 4 is 44.2 Å². The van der Waals surface area contributed by atoms with Gasteiger partial charge in [-0.25, -0.2) is 19.9 Å². The molecule has 0 bridgehead atoms. The van der Waals surface area contributed by atoms with Gasteiger partial charge in [-0.05, 0) is 79.9 Å². The van der Waals surface area contributed by atoms with Crippen LogP contribution < -0.4 is 5.73 Å². The monoisotopic (exact) mass is 960 g/mol. The topological polar surface area (TPSA) is 93.4 Å². The number of nitrogens with zero attached hydrogens (tertiary/aromatic N) is 4. The van der Waals surface area contributed by atoms with Gasteiger partial charge in [0.15, 0.2) is 11.6 Å². The van der Waals surface area contributed by atoms with Crippen LogP contribution in [-0.2, 0) is 0 Å². The van der Waals surface area contributed by atoms with Crippen molar-refractivity contribution in [2.75, 3.05) is 5.73 Å². The highest BCUT2D eigenvalue weighted by Crippen LogP contribution is 2.38. The van der Waals surface area contributed by atoms with Crippen molar-refractivity contribution < 1.29 is 0 Å². The van der Waals surface area contributed by atoms with E-state index in [1.54, 1.807) is 0 Å². The molecule has 0 aliphatic carbocycles. The molecule has 0 amide bonds. The molecule has 0 aliphatic heterocycles. The third-order valence-corrected chi connectivity index (χ3v) is 14.3. The highest BCUT2D eigenvalue weighted by molar-refractivity contribution is 5.98. The lowest BCUT2D eigenvalue weighted by Crippen LogP contribution is -1.97. The van der Waals surface area contributed by atoms with E-state index in [2.05, 4.69) is 229 Å². The highest BCUT2D eigenvalue weighted by atomic mass is 14.9. The van der Waals surface area contributed by atoms with Crippen molar-refractivity contribution in [1.29, 1.82) is 0 Å². The molecular weight excluding hydrogens is 913 g/mol. The molecule has 3 aromatic heterocycles. The fourth-order valence-electron chi connectivity index (χ4n) is 10.4. The molecule has 6 nitrogen and oxygen atoms in total. The maximum atomic E-state index is 6.65. The van der Waals surface area contributed by atoms with E-state index in [0.29, 0.717) is 11.6 Å². The molecule has 0 unspecified atom stereocenters. The maximum absolute atomic E-state index is 6.65. The summed E-state index contributed by atoms with van der Waals surface area (Å²) in [5.41, 5.74) is 25.4. The van der Waals surface area contributed by atoms with Crippen LogP contribution in [0.4, 0.5) is 5.69 Å². The molecule has 0 atom stereocenters. The van der Waals surface area contributed by atoms with Gasteiger partial charge in [-0.1, -0.05) is 231 Å². The van der Waals surface area contributed by atoms with Gasteiger partial charge in [0.2, 0.25) is 0 Å². The molecule has 13 rings (SSSR count). The van der Waals surface area contributed by atoms with E-state index in [1.165, 1.54) is 16.3 Å². The number of allylic oxidation sites excluding steroid dienone is 1. The summed E-state index contributed by atoms with van der Waals surface area (Å²) in [5.74, 6) is 1.31. The summed E-state index contributed by atoms with van der Waals surface area (Å²) >= 11 is 0. The van der Waals surface area contributed by atoms with Crippen molar-refractivity contribution in [3.05, 3.63) is 254 Å². The second-order valence-corrected chi connectivity index (χ2v) is 18.8. The number of aromatic amines is 1. The van der Waals surface area contributed by atoms with Crippen LogP contribution in [-0.4, -0.2) is 24.9 Å². The molecule has 0 aliphatic rings. The number of fused-ring (bicyclic) bond motifs is 3. The van der Waals surface area contributed by atoms with Gasteiger partial charge >= 0.3 is 0 Å². The molecule has 0 radical (unpaired) electrons. The minimum Gasteiger partial charge on any atom is -0.398 e. The summed E-state index contributed by atoms with van der Waals surface area (Å²) in [6.45, 7) is 2.00. The summed E-state index contributed by atoms with van der Waals surface area (Å²) in [5, 5.41) is 5.80. The lowest BCUT2D eigenvalue weighted by molar-refractivity contribution is 1.18. The Morgan fingerprint density at radius 3 is 1.28 bits per heavy atom. The molecule has 0 saturated heterocycles. The summed E-state index contributed by atoms with van der Waals surface area (Å²) in [7, 11) is 0. The molecule has 10 aromatic carbocycles. The molecule has 3 N–H and O–H groups in total. The van der Waals surface area contributed by atoms with Crippen molar-refractivity contribution in [3.63, 3.8) is 0 Å². The Hall–Kier alpha value is -10.0. The number of nitrogen functional groups attached to an aromatic ring is 1. The van der Waals surface area contributed by atoms with E-state index in [4.69, 9.17) is 25.7 Å². The Labute approximate surface area is 435 Å². The first kappa shape index (κ1) is 44.9. The van der Waals surface area contributed by atoms with Gasteiger partial charge in [-0.2, -0.15) is 0 Å². The van der Waals surface area contributed by atoms with Crippen LogP contribution in [0.25, 0.3) is 140 Å². The lowest BCUT2D eigenvalue weighted by atomic mass is 9.97. The summed E-state index contributed by atoms with van der Waals surface area (Å²) in [6, 6.07) is 82.8. The van der Waals surface area contributed by atoms with Gasteiger partial charge in [0.05, 0.1) is 28.3 Å². The molecule has 75 heavy (non-hydrogen) atoms. The fourth-order valence-corrected chi connectivity index (χ4v) is 10.4. The zero-order valence-electron chi connectivity index (χ0n) is 41.1. The van der Waals surface area contributed by atoms with Crippen LogP contribution in [0.15, 0.2) is 249 Å². The number of rotatable bonds is 10. The maximum Gasteiger partial charge on any atom is 0.160 e. The van der Waals surface area contributed by atoms with Gasteiger partial charge in [-0.15, -0.1) is 0 Å². The van der Waals surface area contributed by atoms with Gasteiger partial charge in [0.1, 0.15) is 0 Å². The number of benzene rings is 10. The molecule has 6 heteroatoms. The summed E-state index contributed by atoms with van der Waals surface area (Å²) in [6.07, 6.45) is 6.04. The minimum atomic E-state index is 0.649. The number of nitrogens with two attached hydrogens (primary N) is 1. The molecule has 354 valence electrons. The Morgan fingerprint density at radius 2 is 0.747 bits per heavy atom. The predicted octanol–water partition coefficient (Wildman–Crippen LogP) is 17.7. The largest absolute Gasteiger partial charge is 0.398 e. The van der Waals surface area contributed by atoms with Gasteiger partial charge in [0, 0.05) is 56.4 Å². The first-order valence-corrected chi connectivity index (χ1v) is 25.3. The average molecular weight is 961 g/mol. The molecule has 0 spiro atoms. The van der Waals surface area contributed by atoms with Crippen LogP contribution in [0.1, 0.15) is 12.5 Å². The molecule has 13 aromatic rings. The fraction of sp³-hybridized carbons (Fsp3) is 0.0145. The van der Waals surface area contributed by atoms with Crippen LogP contribution in [0.2, 0.25) is 0 Å². The van der Waals surface area contributed by atoms with E-state index >= 15 is 0 Å². The van der Waals surface area contributed by atoms with Crippen molar-refractivity contribution in [1.82, 2.24) is 24.9 Å². The molecule has 3 heterocycles. The average Bonchev–Trinajstić information content (AvgIpc) is 3.97. The zero-order valence-corrected chi connectivity index (χ0v) is 41.1. The van der Waals surface area contributed by atoms with E-state index in [9.17, 15) is 0 Å². The Bertz CT molecular complexity index is 4280. The number of para-hydroxylation sites is 2. The van der Waals surface area contributed by atoms with E-state index in [0.717, 1.165) is 117 Å². The third kappa shape index (κ3) is 8.60. The second kappa shape index (κ2) is 19.2. The van der Waals surface area contributed by atoms with Crippen LogP contribution in [0.5, 0.6) is 0 Å². The minimum absolute atomic E-state index is 0.649. The standard InChI is InChI=1S/C69H48N6/c1-2-11-52-16-9-20-58(66(52)70)48-28-32-50(33-29-48)62-42-64(60-22-7-14-46-12-3-5-18-56(46)60)74-68(72-62)54-36-24-44(25-37-54)45-26-38-55(39-27-45)69-73-63(43-65(75-69)61-23-8-15-47-13-4-6-19-57(47)61)51-34-30-49(31-35-51)59-21-10-17-53-40-41-71-67(53)59/h2-43,71H,70H2,1H3/b11-2-. The van der Waals surface area contributed by atoms with Gasteiger partial charge in [0.25, 0.3) is 0 Å². The van der Waals surface area contributed by atoms with E-state index < -0.39 is 0 Å². The Balaban J connectivity index is 0.837. The number of hydrogen-bond acceptors (Lipinski definition) is 5. The quantitative estimate of drug-likeness (QED) is 0.133. The molecule has 0 fully saturated rings. The van der Waals surface area contributed by atoms with Gasteiger partial charge in [-0.3, -0.25) is 0 Å². The lowest BCUT2D eigenvalue weighted by Gasteiger charge is -2.13. The molecular formula is C69H48N6. The van der Waals surface area contributed by atoms with E-state index in [-0.39, 0.29) is 0 Å². The Morgan fingerprint density at radius 1 is 0.347 bits per heavy atom. The first-order chi connectivity index (χ1) is 37.0. The van der Waals surface area contributed by atoms with E-state index in [1.807, 2.05) is 37.4 Å². The Kier molecular flexibility index (Phi) is 11.5. The van der Waals surface area contributed by atoms with Gasteiger partial charge < -0.3 is 10.7 Å². The highest BCUT2D eigenvalue weighted by Gasteiger charge is 2.17. The van der Waals surface area contributed by atoms with Crippen LogP contribution in [0, 0.1) is 0 Å². The number of hydrogen-bond donors (Lipinski definition) is 2. The SMILES string of the molecule is C/C=C\c1cccc(-c2ccc(-c3cc(-c4cccc5ccccc45)nc(-c4ccc(-c5ccc(-c6nc(-c7ccc(-c8cccc9cc[nH]c89)cc7)cc(-c7cccc8ccccc78)n6)cc5)cc4)n3)cc2)c1N. The number of aromatic nitrogens is 5. The number of anilines is 1. The summed E-state index contributed by atoms with van der Waals surface area (Å²) < 4.78 is 0. The van der Waals surface area contributed by atoms with Crippen LogP contribution in [0.3, 0.4) is 0 Å². The first-order valence-electron chi connectivity index (χ1n) is 25.3. The van der Waals surface area contributed by atoms with Crippen molar-refractivity contribution in [2.24, 2.45) is 0 Å². The number of H-pyrrole nitrogens is 1. The third-order valence-electron chi connectivity index (χ3n) is 14.3. The normalized spacial score (nSPS) is 11.5. The van der Waals surface area contributed by atoms with Crippen molar-refractivity contribution in [3.8, 4) is 101 Å². The summed E-state index contributed by atoms with van der Waals surface area (Å²) in [4.78, 5) is 24.4. The smallest absolute Gasteiger partial charge is 0.160 e. The zero-order chi connectivity index (χ0) is 50.2. The number of nitrogens with one attached hydrogen (secondary N) is 1. The molecule has 0 saturated carbocycles. The predicted molar refractivity (Wildman–Crippen MR) is 313 cm³/mol.